The summed E-state index contributed by atoms with van der Waals surface area (Å²) in [5.74, 6) is -4.92. The number of rotatable bonds is 12. The highest BCUT2D eigenvalue weighted by Gasteiger charge is 2.63. The van der Waals surface area contributed by atoms with Gasteiger partial charge in [-0.15, -0.1) is 0 Å². The molecule has 1 saturated heterocycles. The highest BCUT2D eigenvalue weighted by molar-refractivity contribution is 7.54. The molecule has 0 amide bonds. The molecule has 1 aromatic heterocycles. The quantitative estimate of drug-likeness (QED) is 0.160. The number of alkyl halides is 1. The largest absolute Gasteiger partial charge is 0.462 e. The van der Waals surface area contributed by atoms with E-state index in [1.54, 1.807) is 27.7 Å². The number of aliphatic hydroxyl groups is 2. The summed E-state index contributed by atoms with van der Waals surface area (Å²) in [5.41, 5.74) is -4.26. The molecule has 1 aliphatic heterocycles. The highest BCUT2D eigenvalue weighted by atomic mass is 31.2. The minimum atomic E-state index is -4.53. The first-order valence-electron chi connectivity index (χ1n) is 12.1. The molecule has 6 atom stereocenters. The van der Waals surface area contributed by atoms with Gasteiger partial charge in [0.05, 0.1) is 12.2 Å². The summed E-state index contributed by atoms with van der Waals surface area (Å²) in [7, 11) is -4.53. The number of ether oxygens (including phenoxy) is 3. The second kappa shape index (κ2) is 12.4. The Hall–Kier alpha value is -2.46. The Morgan fingerprint density at radius 2 is 1.62 bits per heavy atom. The van der Waals surface area contributed by atoms with Gasteiger partial charge in [-0.1, -0.05) is 0 Å². The van der Waals surface area contributed by atoms with Crippen molar-refractivity contribution in [2.24, 2.45) is 0 Å². The molecule has 0 unspecified atom stereocenters. The van der Waals surface area contributed by atoms with Gasteiger partial charge < -0.3 is 24.4 Å². The fourth-order valence-electron chi connectivity index (χ4n) is 3.58. The van der Waals surface area contributed by atoms with E-state index in [2.05, 4.69) is 10.2 Å². The van der Waals surface area contributed by atoms with E-state index in [1.807, 2.05) is 4.98 Å². The molecule has 2 rings (SSSR count). The third-order valence-electron chi connectivity index (χ3n) is 5.45. The van der Waals surface area contributed by atoms with Crippen LogP contribution in [0.25, 0.3) is 0 Å². The van der Waals surface area contributed by atoms with Gasteiger partial charge in [-0.05, 0) is 48.5 Å². The SMILES string of the molecule is CC(C)OC(=O)[C@H](C)NP(=O)(N[C@@H](C)C(=O)OC(C)C)OC[C@@]1(F)O[C@@H](n2ccc(=O)[nH]c2=O)[C@](C)(O)[C@@H]1O. The zero-order valence-corrected chi connectivity index (χ0v) is 23.6. The number of nitrogens with one attached hydrogen (secondary N) is 3. The van der Waals surface area contributed by atoms with Crippen LogP contribution in [0.2, 0.25) is 0 Å². The van der Waals surface area contributed by atoms with Crippen molar-refractivity contribution in [1.82, 2.24) is 19.7 Å². The molecule has 222 valence electrons. The van der Waals surface area contributed by atoms with Crippen molar-refractivity contribution >= 4 is 19.6 Å². The molecule has 1 aliphatic rings. The van der Waals surface area contributed by atoms with Crippen molar-refractivity contribution in [3.8, 4) is 0 Å². The number of aliphatic hydroxyl groups excluding tert-OH is 1. The molecule has 0 aliphatic carbocycles. The van der Waals surface area contributed by atoms with Gasteiger partial charge >= 0.3 is 25.3 Å². The zero-order valence-electron chi connectivity index (χ0n) is 22.7. The molecule has 17 heteroatoms. The van der Waals surface area contributed by atoms with Crippen LogP contribution in [0.5, 0.6) is 0 Å². The summed E-state index contributed by atoms with van der Waals surface area (Å²) in [6.07, 6.45) is -4.29. The van der Waals surface area contributed by atoms with Crippen LogP contribution in [-0.2, 0) is 32.9 Å². The number of hydrogen-bond acceptors (Lipinski definition) is 11. The lowest BCUT2D eigenvalue weighted by Gasteiger charge is -2.30. The Kier molecular flexibility index (Phi) is 10.4. The van der Waals surface area contributed by atoms with E-state index >= 15 is 4.39 Å². The summed E-state index contributed by atoms with van der Waals surface area (Å²) in [6, 6.07) is -1.64. The van der Waals surface area contributed by atoms with E-state index < -0.39 is 85.5 Å². The monoisotopic (exact) mass is 582 g/mol. The standard InChI is InChI=1S/C22H36FN4O11P/c1-11(2)36-16(29)13(5)25-39(34,26-14(6)17(30)37-12(3)4)35-10-22(23)18(31)21(7,33)19(38-22)27-9-8-15(28)24-20(27)32/h8-9,11-14,18-19,31,33H,10H2,1-7H3,(H,24,28,32)(H2,25,26,34)/t13-,14-,18-,19+,21+,22+/m0/s1. The number of hydrogen-bond donors (Lipinski definition) is 5. The summed E-state index contributed by atoms with van der Waals surface area (Å²) in [4.78, 5) is 50.1. The summed E-state index contributed by atoms with van der Waals surface area (Å²) in [6.45, 7) is 8.59. The summed E-state index contributed by atoms with van der Waals surface area (Å²) < 4.78 is 50.8. The molecule has 15 nitrogen and oxygen atoms in total. The third-order valence-corrected chi connectivity index (χ3v) is 7.40. The van der Waals surface area contributed by atoms with Crippen molar-refractivity contribution in [3.63, 3.8) is 0 Å². The number of halogens is 1. The van der Waals surface area contributed by atoms with E-state index in [4.69, 9.17) is 18.7 Å². The minimum absolute atomic E-state index is 0.512. The molecule has 39 heavy (non-hydrogen) atoms. The van der Waals surface area contributed by atoms with E-state index in [-0.39, 0.29) is 0 Å². The topological polar surface area (TPSA) is 208 Å². The van der Waals surface area contributed by atoms with Crippen LogP contribution in [0.15, 0.2) is 21.9 Å². The van der Waals surface area contributed by atoms with Crippen molar-refractivity contribution < 1.29 is 47.5 Å². The number of esters is 2. The second-order valence-electron chi connectivity index (χ2n) is 9.90. The number of H-pyrrole nitrogens is 1. The maximum atomic E-state index is 15.9. The van der Waals surface area contributed by atoms with Gasteiger partial charge in [0, 0.05) is 12.3 Å². The first-order valence-corrected chi connectivity index (χ1v) is 13.7. The lowest BCUT2D eigenvalue weighted by molar-refractivity contribution is -0.203. The molecule has 0 bridgehead atoms. The number of nitrogens with zero attached hydrogens (tertiary/aromatic N) is 1. The van der Waals surface area contributed by atoms with Crippen LogP contribution in [0.4, 0.5) is 4.39 Å². The summed E-state index contributed by atoms with van der Waals surface area (Å²) >= 11 is 0. The predicted molar refractivity (Wildman–Crippen MR) is 133 cm³/mol. The van der Waals surface area contributed by atoms with Crippen LogP contribution in [0, 0.1) is 0 Å². The second-order valence-corrected chi connectivity index (χ2v) is 11.8. The molecule has 2 heterocycles. The van der Waals surface area contributed by atoms with Crippen molar-refractivity contribution in [3.05, 3.63) is 33.1 Å². The molecule has 1 aromatic rings. The molecule has 0 saturated carbocycles. The maximum absolute atomic E-state index is 15.9. The maximum Gasteiger partial charge on any atom is 0.342 e. The Balaban J connectivity index is 2.33. The smallest absolute Gasteiger partial charge is 0.342 e. The van der Waals surface area contributed by atoms with Crippen molar-refractivity contribution in [2.45, 2.75) is 96.5 Å². The number of aromatic nitrogens is 2. The van der Waals surface area contributed by atoms with Gasteiger partial charge in [0.1, 0.15) is 30.4 Å². The van der Waals surface area contributed by atoms with Crippen LogP contribution in [-0.4, -0.2) is 80.2 Å². The van der Waals surface area contributed by atoms with E-state index in [9.17, 15) is 34.0 Å². The number of carbonyl (C=O) groups is 2. The average molecular weight is 583 g/mol. The highest BCUT2D eigenvalue weighted by Crippen LogP contribution is 2.48. The van der Waals surface area contributed by atoms with Crippen molar-refractivity contribution in [2.75, 3.05) is 6.61 Å². The first kappa shape index (κ1) is 32.8. The fourth-order valence-corrected chi connectivity index (χ4v) is 5.39. The Bertz CT molecular complexity index is 1170. The number of aromatic amines is 1. The Labute approximate surface area is 223 Å². The van der Waals surface area contributed by atoms with E-state index in [1.165, 1.54) is 13.8 Å². The molecular formula is C22H36FN4O11P. The van der Waals surface area contributed by atoms with Crippen LogP contribution < -0.4 is 21.4 Å². The van der Waals surface area contributed by atoms with Crippen LogP contribution in [0.3, 0.4) is 0 Å². The van der Waals surface area contributed by atoms with Crippen LogP contribution >= 0.6 is 7.67 Å². The normalized spacial score (nSPS) is 27.0. The van der Waals surface area contributed by atoms with Crippen molar-refractivity contribution in [1.29, 1.82) is 0 Å². The van der Waals surface area contributed by atoms with Gasteiger partial charge in [0.25, 0.3) is 11.4 Å². The molecular weight excluding hydrogens is 546 g/mol. The van der Waals surface area contributed by atoms with Gasteiger partial charge in [-0.3, -0.25) is 33.0 Å². The van der Waals surface area contributed by atoms with Gasteiger partial charge in [0.2, 0.25) is 0 Å². The van der Waals surface area contributed by atoms with Gasteiger partial charge in [-0.2, -0.15) is 0 Å². The molecule has 0 aromatic carbocycles. The molecule has 5 N–H and O–H groups in total. The molecule has 1 fully saturated rings. The molecule has 0 radical (unpaired) electrons. The zero-order chi connectivity index (χ0) is 29.9. The summed E-state index contributed by atoms with van der Waals surface area (Å²) in [5, 5.41) is 26.1. The third kappa shape index (κ3) is 8.03. The van der Waals surface area contributed by atoms with Crippen LogP contribution in [0.1, 0.15) is 54.7 Å². The average Bonchev–Trinajstić information content (AvgIpc) is 2.97. The van der Waals surface area contributed by atoms with Gasteiger partial charge in [-0.25, -0.2) is 19.4 Å². The lowest BCUT2D eigenvalue weighted by Crippen LogP contribution is -2.50. The Morgan fingerprint density at radius 3 is 2.05 bits per heavy atom. The predicted octanol–water partition coefficient (Wildman–Crippen LogP) is -0.173. The minimum Gasteiger partial charge on any atom is -0.462 e. The Morgan fingerprint density at radius 1 is 1.13 bits per heavy atom. The van der Waals surface area contributed by atoms with E-state index in [0.717, 1.165) is 19.2 Å². The van der Waals surface area contributed by atoms with E-state index in [0.29, 0.717) is 4.57 Å². The fraction of sp³-hybridized carbons (Fsp3) is 0.727. The molecule has 0 spiro atoms. The first-order chi connectivity index (χ1) is 17.8. The van der Waals surface area contributed by atoms with Gasteiger partial charge in [0.15, 0.2) is 6.23 Å². The number of carbonyl (C=O) groups excluding carboxylic acids is 2. The lowest BCUT2D eigenvalue weighted by atomic mass is 9.95.